The average molecular weight is 387 g/mol. The van der Waals surface area contributed by atoms with Crippen LogP contribution in [0.4, 0.5) is 5.69 Å². The van der Waals surface area contributed by atoms with Gasteiger partial charge >= 0.3 is 5.97 Å². The molecule has 2 aromatic rings. The van der Waals surface area contributed by atoms with E-state index in [9.17, 15) is 9.59 Å². The normalized spacial score (nSPS) is 10.8. The summed E-state index contributed by atoms with van der Waals surface area (Å²) in [5.41, 5.74) is 1.77. The van der Waals surface area contributed by atoms with Crippen LogP contribution in [0.1, 0.15) is 28.8 Å². The maximum atomic E-state index is 12.5. The van der Waals surface area contributed by atoms with Gasteiger partial charge in [-0.25, -0.2) is 4.79 Å². The minimum Gasteiger partial charge on any atom is -0.477 e. The number of carboxylic acid groups (broad SMARTS) is 1. The number of benzene rings is 1. The zero-order valence-electron chi connectivity index (χ0n) is 16.2. The molecule has 0 aliphatic heterocycles. The number of nitriles is 1. The van der Waals surface area contributed by atoms with Gasteiger partial charge in [0.05, 0.1) is 37.8 Å². The fourth-order valence-electron chi connectivity index (χ4n) is 2.88. The van der Waals surface area contributed by atoms with Gasteiger partial charge in [-0.05, 0) is 30.5 Å². The van der Waals surface area contributed by atoms with E-state index in [4.69, 9.17) is 19.8 Å². The van der Waals surface area contributed by atoms with E-state index >= 15 is 0 Å². The third kappa shape index (κ3) is 5.55. The highest BCUT2D eigenvalue weighted by atomic mass is 16.5. The first-order valence-corrected chi connectivity index (χ1v) is 9.07. The van der Waals surface area contributed by atoms with Crippen LogP contribution in [0.25, 0.3) is 10.9 Å². The number of hydrogen-bond acceptors (Lipinski definition) is 6. The molecule has 0 unspecified atom stereocenters. The van der Waals surface area contributed by atoms with Gasteiger partial charge < -0.3 is 24.5 Å². The number of carboxylic acids is 1. The Morgan fingerprint density at radius 1 is 1.21 bits per heavy atom. The molecule has 1 aromatic heterocycles. The lowest BCUT2D eigenvalue weighted by Gasteiger charge is -2.19. The molecule has 150 valence electrons. The molecule has 0 saturated heterocycles. The maximum Gasteiger partial charge on any atom is 0.341 e. The summed E-state index contributed by atoms with van der Waals surface area (Å²) in [5, 5.41) is 17.9. The predicted molar refractivity (Wildman–Crippen MR) is 106 cm³/mol. The summed E-state index contributed by atoms with van der Waals surface area (Å²) in [6.45, 7) is 1.87. The molecule has 0 radical (unpaired) electrons. The molecule has 1 aromatic carbocycles. The van der Waals surface area contributed by atoms with Crippen LogP contribution in [-0.2, 0) is 15.9 Å². The Labute approximate surface area is 163 Å². The number of ether oxygens (including phenoxy) is 2. The molecule has 2 rings (SSSR count). The van der Waals surface area contributed by atoms with Gasteiger partial charge in [0.1, 0.15) is 5.56 Å². The molecule has 1 heterocycles. The third-order valence-corrected chi connectivity index (χ3v) is 4.26. The van der Waals surface area contributed by atoms with Crippen molar-refractivity contribution in [1.29, 1.82) is 5.26 Å². The Balaban J connectivity index is 2.05. The Morgan fingerprint density at radius 3 is 2.57 bits per heavy atom. The van der Waals surface area contributed by atoms with Gasteiger partial charge in [0, 0.05) is 38.0 Å². The number of aromatic carboxylic acids is 1. The second kappa shape index (κ2) is 10.4. The third-order valence-electron chi connectivity index (χ3n) is 4.26. The number of aromatic amines is 1. The topological polar surface area (TPSA) is 116 Å². The van der Waals surface area contributed by atoms with Gasteiger partial charge in [0.2, 0.25) is 5.43 Å². The summed E-state index contributed by atoms with van der Waals surface area (Å²) in [6.07, 6.45) is 3.05. The van der Waals surface area contributed by atoms with Crippen LogP contribution in [-0.4, -0.2) is 56.6 Å². The Kier molecular flexibility index (Phi) is 7.99. The van der Waals surface area contributed by atoms with E-state index in [0.29, 0.717) is 50.2 Å². The molecule has 0 saturated carbocycles. The molecule has 28 heavy (non-hydrogen) atoms. The number of nitrogens with zero attached hydrogens (tertiary/aromatic N) is 2. The van der Waals surface area contributed by atoms with Crippen molar-refractivity contribution >= 4 is 22.6 Å². The van der Waals surface area contributed by atoms with E-state index in [1.54, 1.807) is 6.07 Å². The molecule has 0 atom stereocenters. The molecule has 0 bridgehead atoms. The standard InChI is InChI=1S/C20H25N3O5/c1-23(2)18-12-17-15(19(24)16(13-22-17)20(25)26)11-14(18)5-3-7-27-9-10-28-8-4-6-21/h11-13H,3-5,7-10H2,1-2H3,(H,22,24)(H,25,26). The molecular formula is C20H25N3O5. The monoisotopic (exact) mass is 387 g/mol. The number of anilines is 1. The van der Waals surface area contributed by atoms with E-state index in [1.165, 1.54) is 6.20 Å². The van der Waals surface area contributed by atoms with Crippen LogP contribution in [0.15, 0.2) is 23.1 Å². The smallest absolute Gasteiger partial charge is 0.341 e. The first-order valence-electron chi connectivity index (χ1n) is 9.07. The number of hydrogen-bond donors (Lipinski definition) is 2. The zero-order valence-corrected chi connectivity index (χ0v) is 16.2. The molecule has 0 amide bonds. The van der Waals surface area contributed by atoms with Crippen LogP contribution in [0.5, 0.6) is 0 Å². The van der Waals surface area contributed by atoms with Gasteiger partial charge in [-0.15, -0.1) is 0 Å². The van der Waals surface area contributed by atoms with Gasteiger partial charge in [-0.1, -0.05) is 0 Å². The van der Waals surface area contributed by atoms with E-state index in [0.717, 1.165) is 17.7 Å². The number of H-pyrrole nitrogens is 1. The predicted octanol–water partition coefficient (Wildman–Crippen LogP) is 2.17. The van der Waals surface area contributed by atoms with Crippen LogP contribution in [0.3, 0.4) is 0 Å². The minimum absolute atomic E-state index is 0.268. The quantitative estimate of drug-likeness (QED) is 0.568. The van der Waals surface area contributed by atoms with Crippen LogP contribution in [0.2, 0.25) is 0 Å². The first kappa shape index (κ1) is 21.4. The van der Waals surface area contributed by atoms with Crippen molar-refractivity contribution in [2.75, 3.05) is 45.4 Å². The van der Waals surface area contributed by atoms with Crippen LogP contribution < -0.4 is 10.3 Å². The van der Waals surface area contributed by atoms with Gasteiger partial charge in [-0.3, -0.25) is 4.79 Å². The number of carbonyl (C=O) groups is 1. The fourth-order valence-corrected chi connectivity index (χ4v) is 2.88. The molecular weight excluding hydrogens is 362 g/mol. The van der Waals surface area contributed by atoms with Crippen molar-refractivity contribution in [2.24, 2.45) is 0 Å². The highest BCUT2D eigenvalue weighted by Crippen LogP contribution is 2.25. The lowest BCUT2D eigenvalue weighted by atomic mass is 10.0. The minimum atomic E-state index is -1.24. The molecule has 0 fully saturated rings. The Bertz CT molecular complexity index is 914. The average Bonchev–Trinajstić information content (AvgIpc) is 2.66. The SMILES string of the molecule is CN(C)c1cc2[nH]cc(C(=O)O)c(=O)c2cc1CCCOCCOCCC#N. The van der Waals surface area contributed by atoms with Gasteiger partial charge in [0.15, 0.2) is 0 Å². The van der Waals surface area contributed by atoms with E-state index < -0.39 is 11.4 Å². The number of pyridine rings is 1. The molecule has 8 heteroatoms. The van der Waals surface area contributed by atoms with Crippen LogP contribution >= 0.6 is 0 Å². The molecule has 8 nitrogen and oxygen atoms in total. The summed E-state index contributed by atoms with van der Waals surface area (Å²) in [7, 11) is 3.84. The lowest BCUT2D eigenvalue weighted by Crippen LogP contribution is -2.17. The first-order chi connectivity index (χ1) is 13.5. The summed E-state index contributed by atoms with van der Waals surface area (Å²) in [5.74, 6) is -1.24. The highest BCUT2D eigenvalue weighted by Gasteiger charge is 2.14. The summed E-state index contributed by atoms with van der Waals surface area (Å²) in [6, 6.07) is 5.64. The highest BCUT2D eigenvalue weighted by molar-refractivity contribution is 5.93. The van der Waals surface area contributed by atoms with Crippen LogP contribution in [0, 0.1) is 11.3 Å². The number of fused-ring (bicyclic) bond motifs is 1. The van der Waals surface area contributed by atoms with Crippen molar-refractivity contribution in [1.82, 2.24) is 4.98 Å². The van der Waals surface area contributed by atoms with E-state index in [-0.39, 0.29) is 5.56 Å². The molecule has 0 aliphatic rings. The largest absolute Gasteiger partial charge is 0.477 e. The summed E-state index contributed by atoms with van der Waals surface area (Å²) < 4.78 is 10.8. The van der Waals surface area contributed by atoms with Crippen molar-refractivity contribution in [2.45, 2.75) is 19.3 Å². The zero-order chi connectivity index (χ0) is 20.5. The second-order valence-corrected chi connectivity index (χ2v) is 6.49. The lowest BCUT2D eigenvalue weighted by molar-refractivity contribution is 0.0490. The molecule has 2 N–H and O–H groups in total. The van der Waals surface area contributed by atoms with Crippen molar-refractivity contribution in [3.63, 3.8) is 0 Å². The molecule has 0 spiro atoms. The number of rotatable bonds is 11. The van der Waals surface area contributed by atoms with E-state index in [2.05, 4.69) is 4.98 Å². The molecule has 0 aliphatic carbocycles. The second-order valence-electron chi connectivity index (χ2n) is 6.49. The maximum absolute atomic E-state index is 12.5. The van der Waals surface area contributed by atoms with Crippen molar-refractivity contribution in [3.05, 3.63) is 39.7 Å². The van der Waals surface area contributed by atoms with Crippen molar-refractivity contribution in [3.8, 4) is 6.07 Å². The number of aryl methyl sites for hydroxylation is 1. The fraction of sp³-hybridized carbons (Fsp3) is 0.450. The summed E-state index contributed by atoms with van der Waals surface area (Å²) >= 11 is 0. The number of nitrogens with one attached hydrogen (secondary N) is 1. The number of aromatic nitrogens is 1. The Hall–Kier alpha value is -2.89. The summed E-state index contributed by atoms with van der Waals surface area (Å²) in [4.78, 5) is 28.5. The van der Waals surface area contributed by atoms with E-state index in [1.807, 2.05) is 31.1 Å². The van der Waals surface area contributed by atoms with Crippen molar-refractivity contribution < 1.29 is 19.4 Å². The van der Waals surface area contributed by atoms with Gasteiger partial charge in [-0.2, -0.15) is 5.26 Å². The van der Waals surface area contributed by atoms with Gasteiger partial charge in [0.25, 0.3) is 0 Å². The Morgan fingerprint density at radius 2 is 1.93 bits per heavy atom.